The van der Waals surface area contributed by atoms with E-state index in [9.17, 15) is 45.5 Å². The molecule has 0 radical (unpaired) electrons. The fourth-order valence-electron chi connectivity index (χ4n) is 5.72. The third-order valence-corrected chi connectivity index (χ3v) is 10.1. The van der Waals surface area contributed by atoms with E-state index in [-0.39, 0.29) is 17.6 Å². The van der Waals surface area contributed by atoms with E-state index in [1.165, 1.54) is 46.5 Å². The number of ether oxygens (including phenoxy) is 1. The number of fused-ring (bicyclic) bond motifs is 2. The number of hydrogen-bond donors (Lipinski definition) is 1. The molecular formula is C42H26Br2Cl2F6O6. The predicted molar refractivity (Wildman–Crippen MR) is 215 cm³/mol. The maximum Gasteiger partial charge on any atom is 0.412 e. The maximum absolute atomic E-state index is 14.3. The first-order valence-electron chi connectivity index (χ1n) is 16.7. The minimum Gasteiger partial charge on any atom is -0.477 e. The van der Waals surface area contributed by atoms with Crippen molar-refractivity contribution in [1.82, 2.24) is 0 Å². The van der Waals surface area contributed by atoms with Gasteiger partial charge in [-0.25, -0.2) is 9.59 Å². The zero-order valence-corrected chi connectivity index (χ0v) is 34.0. The monoisotopic (exact) mass is 968 g/mol. The molecule has 300 valence electrons. The van der Waals surface area contributed by atoms with E-state index in [2.05, 4.69) is 73.0 Å². The Morgan fingerprint density at radius 1 is 0.724 bits per heavy atom. The average Bonchev–Trinajstić information content (AvgIpc) is 3.81. The molecule has 0 amide bonds. The summed E-state index contributed by atoms with van der Waals surface area (Å²) in [4.78, 5) is 43.0. The van der Waals surface area contributed by atoms with E-state index in [4.69, 9.17) is 28.3 Å². The van der Waals surface area contributed by atoms with Crippen molar-refractivity contribution in [2.45, 2.75) is 37.0 Å². The molecule has 4 aromatic rings. The third-order valence-electron chi connectivity index (χ3n) is 8.63. The second kappa shape index (κ2) is 18.0. The molecule has 1 N–H and O–H groups in total. The van der Waals surface area contributed by atoms with Gasteiger partial charge in [0.15, 0.2) is 0 Å². The van der Waals surface area contributed by atoms with Gasteiger partial charge in [-0.3, -0.25) is 9.59 Å². The minimum absolute atomic E-state index is 0.0364. The number of esters is 2. The number of rotatable bonds is 8. The zero-order chi connectivity index (χ0) is 42.6. The first-order valence-corrected chi connectivity index (χ1v) is 19.1. The molecular weight excluding hydrogens is 945 g/mol. The van der Waals surface area contributed by atoms with Crippen molar-refractivity contribution < 1.29 is 55.4 Å². The van der Waals surface area contributed by atoms with Gasteiger partial charge in [-0.1, -0.05) is 122 Å². The molecule has 7 rings (SSSR count). The molecule has 0 bridgehead atoms. The number of carbonyl (C=O) groups is 4. The van der Waals surface area contributed by atoms with E-state index in [1.807, 2.05) is 24.3 Å². The summed E-state index contributed by atoms with van der Waals surface area (Å²) in [7, 11) is 0. The summed E-state index contributed by atoms with van der Waals surface area (Å²) in [6, 6.07) is 25.2. The second-order valence-corrected chi connectivity index (χ2v) is 15.5. The number of halogens is 10. The van der Waals surface area contributed by atoms with Gasteiger partial charge < -0.3 is 9.84 Å². The van der Waals surface area contributed by atoms with Crippen molar-refractivity contribution in [1.29, 1.82) is 0 Å². The predicted octanol–water partition coefficient (Wildman–Crippen LogP) is 11.9. The van der Waals surface area contributed by atoms with Gasteiger partial charge in [0, 0.05) is 24.6 Å². The zero-order valence-electron chi connectivity index (χ0n) is 29.4. The largest absolute Gasteiger partial charge is 0.477 e. The molecule has 2 aliphatic carbocycles. The van der Waals surface area contributed by atoms with Crippen LogP contribution >= 0.6 is 55.1 Å². The lowest BCUT2D eigenvalue weighted by molar-refractivity contribution is -0.218. The summed E-state index contributed by atoms with van der Waals surface area (Å²) in [5.41, 5.74) is 5.81. The number of benzene rings is 4. The number of alkyl halides is 6. The molecule has 4 aromatic carbocycles. The second-order valence-electron chi connectivity index (χ2n) is 12.8. The summed E-state index contributed by atoms with van der Waals surface area (Å²) in [5, 5.41) is 9.77. The molecule has 0 saturated carbocycles. The van der Waals surface area contributed by atoms with Crippen LogP contribution in [-0.2, 0) is 36.8 Å². The lowest BCUT2D eigenvalue weighted by Crippen LogP contribution is -2.52. The van der Waals surface area contributed by atoms with Crippen LogP contribution in [0.25, 0.3) is 23.8 Å². The third kappa shape index (κ3) is 10.5. The quantitative estimate of drug-likeness (QED) is 0.107. The Kier molecular flexibility index (Phi) is 13.8. The first-order chi connectivity index (χ1) is 27.2. The number of ketones is 1. The molecule has 58 heavy (non-hydrogen) atoms. The molecule has 0 aromatic heterocycles. The number of carboxylic acids is 1. The maximum atomic E-state index is 14.3. The number of cyclic esters (lactones) is 2. The van der Waals surface area contributed by atoms with Gasteiger partial charge >= 0.3 is 35.7 Å². The summed E-state index contributed by atoms with van der Waals surface area (Å²) in [6.45, 7) is 0. The van der Waals surface area contributed by atoms with Crippen LogP contribution in [0.5, 0.6) is 0 Å². The van der Waals surface area contributed by atoms with Crippen LogP contribution in [0, 0.1) is 0 Å². The highest BCUT2D eigenvalue weighted by molar-refractivity contribution is 9.10. The number of hydrogen-bond acceptors (Lipinski definition) is 5. The Labute approximate surface area is 353 Å². The Bertz CT molecular complexity index is 2410. The molecule has 16 heteroatoms. The van der Waals surface area contributed by atoms with E-state index in [0.717, 1.165) is 15.9 Å². The van der Waals surface area contributed by atoms with Crippen molar-refractivity contribution in [2.75, 3.05) is 0 Å². The fourth-order valence-corrected chi connectivity index (χ4v) is 6.79. The van der Waals surface area contributed by atoms with Gasteiger partial charge in [0.1, 0.15) is 6.42 Å². The number of aliphatic carboxylic acids is 1. The smallest absolute Gasteiger partial charge is 0.412 e. The van der Waals surface area contributed by atoms with Crippen LogP contribution in [0.4, 0.5) is 26.3 Å². The molecule has 0 spiro atoms. The Balaban J connectivity index is 0.000000193. The van der Waals surface area contributed by atoms with Crippen molar-refractivity contribution in [2.24, 2.45) is 0 Å². The summed E-state index contributed by atoms with van der Waals surface area (Å²) < 4.78 is 85.0. The van der Waals surface area contributed by atoms with E-state index in [1.54, 1.807) is 30.3 Å². The molecule has 1 aliphatic heterocycles. The summed E-state index contributed by atoms with van der Waals surface area (Å²) >= 11 is 18.4. The van der Waals surface area contributed by atoms with Crippen molar-refractivity contribution in [3.8, 4) is 0 Å². The summed E-state index contributed by atoms with van der Waals surface area (Å²) in [6.07, 6.45) is 9.36. The van der Waals surface area contributed by atoms with Crippen molar-refractivity contribution in [3.63, 3.8) is 0 Å². The minimum atomic E-state index is -5.56. The lowest BCUT2D eigenvalue weighted by atomic mass is 9.94. The van der Waals surface area contributed by atoms with Crippen LogP contribution in [0.15, 0.2) is 117 Å². The number of carboxylic acid groups (broad SMARTS) is 1. The summed E-state index contributed by atoms with van der Waals surface area (Å²) in [5.74, 6) is -22.8. The highest BCUT2D eigenvalue weighted by Crippen LogP contribution is 2.44. The number of Topliss-reactive ketones (excluding diaryl/α,β-unsaturated/α-hetero) is 1. The van der Waals surface area contributed by atoms with Crippen molar-refractivity contribution in [3.05, 3.63) is 161 Å². The van der Waals surface area contributed by atoms with Crippen LogP contribution < -0.4 is 0 Å². The highest BCUT2D eigenvalue weighted by Gasteiger charge is 2.68. The standard InChI is InChI=1S/C21H12BrClF4O3.C17H12BrCl.C4H2F2O3/c22-14-5-8-16-13(10-14)9-12(4-1-11-2-6-15(23)7-3-11)17(16)18(28)20(24,25)21(26,27)19(29)30;18-16-6-5-14-9-13(10-15(14)11-16)2-1-12-3-7-17(19)8-4-12;5-4(6)1-2(7)9-3(4)8/h1-8,10H,9H2,(H,29,30);1-9,11H,10H2;1H2/b4-1+;2-1+;. The molecule has 0 atom stereocenters. The topological polar surface area (TPSA) is 97.7 Å². The van der Waals surface area contributed by atoms with Crippen LogP contribution in [0.1, 0.15) is 39.8 Å². The van der Waals surface area contributed by atoms with E-state index in [0.29, 0.717) is 20.6 Å². The van der Waals surface area contributed by atoms with Crippen LogP contribution in [0.2, 0.25) is 10.0 Å². The molecule has 6 nitrogen and oxygen atoms in total. The van der Waals surface area contributed by atoms with E-state index < -0.39 is 53.5 Å². The molecule has 1 saturated heterocycles. The average molecular weight is 971 g/mol. The molecule has 1 heterocycles. The van der Waals surface area contributed by atoms with Gasteiger partial charge in [-0.05, 0) is 106 Å². The molecule has 1 fully saturated rings. The normalized spacial score (nSPS) is 15.7. The SMILES string of the molecule is Clc1ccc(/C=C/C2=Cc3ccc(Br)cc3C2)cc1.O=C(O)C(F)(F)C(F)(F)C(=O)C1=C(/C=C/c2ccc(Cl)cc2)Cc2cc(Br)ccc21.O=C1CC(F)(F)C(=O)O1. The van der Waals surface area contributed by atoms with E-state index >= 15 is 0 Å². The number of allylic oxidation sites excluding steroid dienone is 5. The van der Waals surface area contributed by atoms with Crippen LogP contribution in [-0.4, -0.2) is 46.6 Å². The fraction of sp³-hybridized carbons (Fsp3) is 0.143. The van der Waals surface area contributed by atoms with Gasteiger partial charge in [-0.2, -0.15) is 26.3 Å². The van der Waals surface area contributed by atoms with Crippen LogP contribution in [0.3, 0.4) is 0 Å². The van der Waals surface area contributed by atoms with Gasteiger partial charge in [0.2, 0.25) is 5.78 Å². The van der Waals surface area contributed by atoms with Gasteiger partial charge in [0.25, 0.3) is 0 Å². The highest BCUT2D eigenvalue weighted by atomic mass is 79.9. The van der Waals surface area contributed by atoms with Crippen molar-refractivity contribution >= 4 is 103 Å². The van der Waals surface area contributed by atoms with Gasteiger partial charge in [-0.15, -0.1) is 0 Å². The first kappa shape index (κ1) is 44.3. The Morgan fingerprint density at radius 2 is 1.26 bits per heavy atom. The molecule has 3 aliphatic rings. The lowest BCUT2D eigenvalue weighted by Gasteiger charge is -2.22. The number of carbonyl (C=O) groups excluding carboxylic acids is 3. The van der Waals surface area contributed by atoms with Gasteiger partial charge in [0.05, 0.1) is 0 Å². The Morgan fingerprint density at radius 3 is 1.76 bits per heavy atom. The molecule has 0 unspecified atom stereocenters. The Hall–Kier alpha value is -4.76.